The lowest BCUT2D eigenvalue weighted by atomic mass is 9.86. The predicted molar refractivity (Wildman–Crippen MR) is 78.5 cm³/mol. The minimum Gasteiger partial charge on any atom is -0.469 e. The molecule has 2 N–H and O–H groups in total. The van der Waals surface area contributed by atoms with Crippen molar-refractivity contribution in [2.75, 3.05) is 13.7 Å². The normalized spacial score (nSPS) is 22.1. The summed E-state index contributed by atoms with van der Waals surface area (Å²) < 4.78 is 4.73. The molecule has 1 unspecified atom stereocenters. The van der Waals surface area contributed by atoms with Crippen molar-refractivity contribution in [2.24, 2.45) is 0 Å². The average molecular weight is 298 g/mol. The van der Waals surface area contributed by atoms with Gasteiger partial charge in [0.1, 0.15) is 0 Å². The van der Waals surface area contributed by atoms with E-state index in [9.17, 15) is 14.4 Å². The topological polar surface area (TPSA) is 84.5 Å². The quantitative estimate of drug-likeness (QED) is 0.548. The van der Waals surface area contributed by atoms with Gasteiger partial charge >= 0.3 is 5.97 Å². The third kappa shape index (κ3) is 6.14. The second-order valence-electron chi connectivity index (χ2n) is 5.64. The first kappa shape index (κ1) is 17.5. The standard InChI is InChI=1S/C15H26N2O4/c1-3-4-5-6-13(19)17-15(11-14(20)21-2)8-7-12(18)16-10-9-15/h3-11H2,1-2H3,(H,16,18)(H,17,19). The molecule has 120 valence electrons. The van der Waals surface area contributed by atoms with Gasteiger partial charge in [-0.05, 0) is 19.3 Å². The van der Waals surface area contributed by atoms with Crippen molar-refractivity contribution in [3.8, 4) is 0 Å². The van der Waals surface area contributed by atoms with Gasteiger partial charge in [0.2, 0.25) is 11.8 Å². The van der Waals surface area contributed by atoms with E-state index < -0.39 is 5.54 Å². The summed E-state index contributed by atoms with van der Waals surface area (Å²) in [6.45, 7) is 2.55. The predicted octanol–water partition coefficient (Wildman–Crippen LogP) is 1.28. The van der Waals surface area contributed by atoms with Gasteiger partial charge in [0.15, 0.2) is 0 Å². The van der Waals surface area contributed by atoms with Crippen LogP contribution in [0.5, 0.6) is 0 Å². The second kappa shape index (κ2) is 8.64. The molecule has 0 bridgehead atoms. The number of nitrogens with one attached hydrogen (secondary N) is 2. The van der Waals surface area contributed by atoms with Gasteiger partial charge in [-0.25, -0.2) is 0 Å². The fourth-order valence-corrected chi connectivity index (χ4v) is 2.60. The number of rotatable bonds is 7. The Kier molecular flexibility index (Phi) is 7.19. The molecular formula is C15H26N2O4. The largest absolute Gasteiger partial charge is 0.469 e. The number of amides is 2. The number of carbonyl (C=O) groups is 3. The molecule has 1 heterocycles. The summed E-state index contributed by atoms with van der Waals surface area (Å²) in [7, 11) is 1.33. The molecule has 1 aliphatic rings. The van der Waals surface area contributed by atoms with Crippen LogP contribution in [0.15, 0.2) is 0 Å². The highest BCUT2D eigenvalue weighted by Crippen LogP contribution is 2.25. The number of unbranched alkanes of at least 4 members (excludes halogenated alkanes) is 2. The molecule has 0 saturated carbocycles. The summed E-state index contributed by atoms with van der Waals surface area (Å²) >= 11 is 0. The van der Waals surface area contributed by atoms with Gasteiger partial charge in [0, 0.05) is 19.4 Å². The second-order valence-corrected chi connectivity index (χ2v) is 5.64. The van der Waals surface area contributed by atoms with Crippen molar-refractivity contribution in [1.29, 1.82) is 0 Å². The molecule has 0 aliphatic carbocycles. The van der Waals surface area contributed by atoms with Crippen LogP contribution in [0.25, 0.3) is 0 Å². The van der Waals surface area contributed by atoms with E-state index in [0.717, 1.165) is 19.3 Å². The van der Waals surface area contributed by atoms with E-state index in [1.807, 2.05) is 0 Å². The van der Waals surface area contributed by atoms with Crippen LogP contribution in [0.1, 0.15) is 58.3 Å². The minimum absolute atomic E-state index is 0.0398. The van der Waals surface area contributed by atoms with Crippen LogP contribution in [-0.4, -0.2) is 37.0 Å². The van der Waals surface area contributed by atoms with Gasteiger partial charge in [-0.1, -0.05) is 19.8 Å². The smallest absolute Gasteiger partial charge is 0.307 e. The van der Waals surface area contributed by atoms with Crippen molar-refractivity contribution in [3.05, 3.63) is 0 Å². The Balaban J connectivity index is 2.69. The van der Waals surface area contributed by atoms with Crippen molar-refractivity contribution in [2.45, 2.75) is 63.8 Å². The first-order valence-electron chi connectivity index (χ1n) is 7.66. The molecule has 0 aromatic carbocycles. The number of hydrogen-bond donors (Lipinski definition) is 2. The zero-order valence-corrected chi connectivity index (χ0v) is 13.0. The highest BCUT2D eigenvalue weighted by atomic mass is 16.5. The number of carbonyl (C=O) groups excluding carboxylic acids is 3. The van der Waals surface area contributed by atoms with Crippen LogP contribution in [0.4, 0.5) is 0 Å². The molecular weight excluding hydrogens is 272 g/mol. The van der Waals surface area contributed by atoms with Gasteiger partial charge in [-0.3, -0.25) is 14.4 Å². The van der Waals surface area contributed by atoms with E-state index in [1.54, 1.807) is 0 Å². The van der Waals surface area contributed by atoms with Gasteiger partial charge in [0.25, 0.3) is 0 Å². The molecule has 1 aliphatic heterocycles. The third-order valence-electron chi connectivity index (χ3n) is 3.88. The Hall–Kier alpha value is -1.59. The van der Waals surface area contributed by atoms with E-state index in [1.165, 1.54) is 7.11 Å². The lowest BCUT2D eigenvalue weighted by Crippen LogP contribution is -2.50. The number of esters is 1. The average Bonchev–Trinajstić information content (AvgIpc) is 2.61. The summed E-state index contributed by atoms with van der Waals surface area (Å²) in [6, 6.07) is 0. The molecule has 1 saturated heterocycles. The van der Waals surface area contributed by atoms with E-state index in [0.29, 0.717) is 32.2 Å². The van der Waals surface area contributed by atoms with E-state index >= 15 is 0 Å². The maximum atomic E-state index is 12.1. The van der Waals surface area contributed by atoms with Gasteiger partial charge in [-0.15, -0.1) is 0 Å². The van der Waals surface area contributed by atoms with Crippen LogP contribution >= 0.6 is 0 Å². The molecule has 0 spiro atoms. The van der Waals surface area contributed by atoms with E-state index in [2.05, 4.69) is 17.6 Å². The van der Waals surface area contributed by atoms with Crippen LogP contribution in [0, 0.1) is 0 Å². The van der Waals surface area contributed by atoms with Crippen molar-refractivity contribution >= 4 is 17.8 Å². The third-order valence-corrected chi connectivity index (χ3v) is 3.88. The van der Waals surface area contributed by atoms with E-state index in [4.69, 9.17) is 4.74 Å². The van der Waals surface area contributed by atoms with Crippen molar-refractivity contribution in [3.63, 3.8) is 0 Å². The van der Waals surface area contributed by atoms with Gasteiger partial charge in [-0.2, -0.15) is 0 Å². The van der Waals surface area contributed by atoms with Crippen LogP contribution in [0.2, 0.25) is 0 Å². The Morgan fingerprint density at radius 3 is 2.76 bits per heavy atom. The highest BCUT2D eigenvalue weighted by Gasteiger charge is 2.36. The van der Waals surface area contributed by atoms with Crippen molar-refractivity contribution < 1.29 is 19.1 Å². The minimum atomic E-state index is -0.671. The molecule has 6 nitrogen and oxygen atoms in total. The molecule has 2 amide bonds. The first-order chi connectivity index (χ1) is 10.0. The monoisotopic (exact) mass is 298 g/mol. The van der Waals surface area contributed by atoms with Gasteiger partial charge in [0.05, 0.1) is 19.1 Å². The fraction of sp³-hybridized carbons (Fsp3) is 0.800. The number of hydrogen-bond acceptors (Lipinski definition) is 4. The zero-order chi connectivity index (χ0) is 15.7. The van der Waals surface area contributed by atoms with Crippen molar-refractivity contribution in [1.82, 2.24) is 10.6 Å². The molecule has 21 heavy (non-hydrogen) atoms. The molecule has 0 radical (unpaired) electrons. The molecule has 1 fully saturated rings. The van der Waals surface area contributed by atoms with Crippen LogP contribution in [0.3, 0.4) is 0 Å². The van der Waals surface area contributed by atoms with E-state index in [-0.39, 0.29) is 24.2 Å². The Bertz CT molecular complexity index is 384. The first-order valence-corrected chi connectivity index (χ1v) is 7.66. The summed E-state index contributed by atoms with van der Waals surface area (Å²) in [5, 5.41) is 5.76. The number of methoxy groups -OCH3 is 1. The maximum absolute atomic E-state index is 12.1. The summed E-state index contributed by atoms with van der Waals surface area (Å²) in [5.74, 6) is -0.457. The van der Waals surface area contributed by atoms with Gasteiger partial charge < -0.3 is 15.4 Å². The summed E-state index contributed by atoms with van der Waals surface area (Å²) in [6.07, 6.45) is 4.80. The molecule has 1 rings (SSSR count). The summed E-state index contributed by atoms with van der Waals surface area (Å²) in [5.41, 5.74) is -0.671. The van der Waals surface area contributed by atoms with Crippen LogP contribution in [-0.2, 0) is 19.1 Å². The summed E-state index contributed by atoms with van der Waals surface area (Å²) in [4.78, 5) is 35.2. The Morgan fingerprint density at radius 1 is 1.33 bits per heavy atom. The maximum Gasteiger partial charge on any atom is 0.307 e. The van der Waals surface area contributed by atoms with Crippen LogP contribution < -0.4 is 10.6 Å². The molecule has 0 aromatic rings. The molecule has 0 aromatic heterocycles. The number of ether oxygens (including phenoxy) is 1. The Labute approximate surface area is 126 Å². The Morgan fingerprint density at radius 2 is 2.10 bits per heavy atom. The zero-order valence-electron chi connectivity index (χ0n) is 13.0. The fourth-order valence-electron chi connectivity index (χ4n) is 2.60. The highest BCUT2D eigenvalue weighted by molar-refractivity contribution is 5.80. The lowest BCUT2D eigenvalue weighted by Gasteiger charge is -2.32. The lowest BCUT2D eigenvalue weighted by molar-refractivity contribution is -0.143. The molecule has 6 heteroatoms. The SMILES string of the molecule is CCCCCC(=O)NC1(CC(=O)OC)CCNC(=O)CC1. The molecule has 1 atom stereocenters.